The molecule has 0 aliphatic rings. The van der Waals surface area contributed by atoms with E-state index in [-0.39, 0.29) is 29.9 Å². The van der Waals surface area contributed by atoms with E-state index in [0.717, 1.165) is 10.6 Å². The van der Waals surface area contributed by atoms with Gasteiger partial charge in [0.2, 0.25) is 21.8 Å². The van der Waals surface area contributed by atoms with Crippen molar-refractivity contribution in [2.75, 3.05) is 24.2 Å². The molecule has 0 saturated heterocycles. The molecule has 0 saturated carbocycles. The maximum Gasteiger partial charge on any atom is 0.244 e. The van der Waals surface area contributed by atoms with Gasteiger partial charge in [0.15, 0.2) is 0 Å². The zero-order valence-corrected chi connectivity index (χ0v) is 22.7. The van der Waals surface area contributed by atoms with Crippen molar-refractivity contribution in [2.24, 2.45) is 0 Å². The van der Waals surface area contributed by atoms with Crippen LogP contribution in [0.25, 0.3) is 0 Å². The number of nitrogens with one attached hydrogen (secondary N) is 1. The predicted molar refractivity (Wildman–Crippen MR) is 140 cm³/mol. The molecule has 2 aromatic rings. The van der Waals surface area contributed by atoms with Gasteiger partial charge in [0.05, 0.1) is 19.1 Å². The van der Waals surface area contributed by atoms with Crippen molar-refractivity contribution in [3.63, 3.8) is 0 Å². The molecule has 2 amide bonds. The highest BCUT2D eigenvalue weighted by molar-refractivity contribution is 7.92. The minimum atomic E-state index is -3.88. The molecule has 0 aliphatic heterocycles. The van der Waals surface area contributed by atoms with E-state index in [4.69, 9.17) is 27.9 Å². The van der Waals surface area contributed by atoms with Crippen molar-refractivity contribution in [2.45, 2.75) is 45.8 Å². The summed E-state index contributed by atoms with van der Waals surface area (Å²) in [5.74, 6) is -0.697. The lowest BCUT2D eigenvalue weighted by Crippen LogP contribution is -2.52. The quantitative estimate of drug-likeness (QED) is 0.460. The number of carbonyl (C=O) groups is 2. The summed E-state index contributed by atoms with van der Waals surface area (Å²) < 4.78 is 31.6. The maximum atomic E-state index is 13.6. The third kappa shape index (κ3) is 7.49. The van der Waals surface area contributed by atoms with Gasteiger partial charge in [-0.05, 0) is 44.5 Å². The Labute approximate surface area is 217 Å². The van der Waals surface area contributed by atoms with Crippen molar-refractivity contribution in [1.82, 2.24) is 10.2 Å². The Bertz CT molecular complexity index is 1140. The predicted octanol–water partition coefficient (Wildman–Crippen LogP) is 4.10. The fraction of sp³-hybridized carbons (Fsp3) is 0.417. The number of hydrogen-bond acceptors (Lipinski definition) is 5. The van der Waals surface area contributed by atoms with Crippen molar-refractivity contribution in [1.29, 1.82) is 0 Å². The van der Waals surface area contributed by atoms with Crippen LogP contribution in [0.1, 0.15) is 32.8 Å². The summed E-state index contributed by atoms with van der Waals surface area (Å²) in [5.41, 5.74) is 0.661. The Kier molecular flexibility index (Phi) is 10.2. The molecule has 2 atom stereocenters. The van der Waals surface area contributed by atoms with Crippen molar-refractivity contribution < 1.29 is 22.7 Å². The number of sulfonamides is 1. The molecule has 0 fully saturated rings. The first kappa shape index (κ1) is 28.7. The van der Waals surface area contributed by atoms with Crippen LogP contribution >= 0.6 is 23.2 Å². The summed E-state index contributed by atoms with van der Waals surface area (Å²) in [6, 6.07) is 10.4. The summed E-state index contributed by atoms with van der Waals surface area (Å²) in [4.78, 5) is 27.8. The van der Waals surface area contributed by atoms with Crippen LogP contribution in [0.15, 0.2) is 42.5 Å². The molecule has 0 spiro atoms. The number of ether oxygens (including phenoxy) is 1. The largest absolute Gasteiger partial charge is 0.495 e. The first-order valence-electron chi connectivity index (χ1n) is 11.0. The number of amides is 2. The van der Waals surface area contributed by atoms with E-state index in [2.05, 4.69) is 5.32 Å². The van der Waals surface area contributed by atoms with Crippen LogP contribution in [0.2, 0.25) is 10.0 Å². The molecular formula is C24H31Cl2N3O5S. The van der Waals surface area contributed by atoms with Gasteiger partial charge in [-0.2, -0.15) is 0 Å². The van der Waals surface area contributed by atoms with Crippen LogP contribution in [0, 0.1) is 0 Å². The molecule has 0 aromatic heterocycles. The van der Waals surface area contributed by atoms with Gasteiger partial charge >= 0.3 is 0 Å². The molecule has 0 heterocycles. The molecule has 0 radical (unpaired) electrons. The number of nitrogens with zero attached hydrogens (tertiary/aromatic N) is 2. The average molecular weight is 545 g/mol. The van der Waals surface area contributed by atoms with E-state index in [1.807, 2.05) is 13.8 Å². The minimum Gasteiger partial charge on any atom is -0.495 e. The zero-order chi connectivity index (χ0) is 26.3. The summed E-state index contributed by atoms with van der Waals surface area (Å²) >= 11 is 12.7. The van der Waals surface area contributed by atoms with E-state index < -0.39 is 28.5 Å². The van der Waals surface area contributed by atoms with Crippen molar-refractivity contribution in [3.8, 4) is 5.75 Å². The van der Waals surface area contributed by atoms with Gasteiger partial charge in [-0.1, -0.05) is 48.3 Å². The Morgan fingerprint density at radius 2 is 1.66 bits per heavy atom. The van der Waals surface area contributed by atoms with E-state index >= 15 is 0 Å². The standard InChI is InChI=1S/C24H31Cl2N3O5S/c1-6-16(2)27-24(31)17(3)28(14-18-19(25)10-9-11-20(18)26)23(30)15-29(35(5,32)33)21-12-7-8-13-22(21)34-4/h7-13,16-17H,6,14-15H2,1-5H3,(H,27,31). The van der Waals surface area contributed by atoms with Crippen molar-refractivity contribution in [3.05, 3.63) is 58.1 Å². The first-order chi connectivity index (χ1) is 16.4. The highest BCUT2D eigenvalue weighted by Crippen LogP contribution is 2.30. The van der Waals surface area contributed by atoms with E-state index in [0.29, 0.717) is 22.0 Å². The highest BCUT2D eigenvalue weighted by atomic mass is 35.5. The molecule has 8 nitrogen and oxygen atoms in total. The molecule has 2 unspecified atom stereocenters. The molecule has 0 bridgehead atoms. The Hall–Kier alpha value is -2.49. The monoisotopic (exact) mass is 543 g/mol. The number of carbonyl (C=O) groups excluding carboxylic acids is 2. The summed E-state index contributed by atoms with van der Waals surface area (Å²) in [5, 5.41) is 3.52. The van der Waals surface area contributed by atoms with E-state index in [1.54, 1.807) is 49.4 Å². The van der Waals surface area contributed by atoms with Crippen LogP contribution in [-0.4, -0.2) is 57.1 Å². The third-order valence-corrected chi connectivity index (χ3v) is 7.43. The maximum absolute atomic E-state index is 13.6. The van der Waals surface area contributed by atoms with Crippen LogP contribution in [-0.2, 0) is 26.2 Å². The normalized spacial score (nSPS) is 13.0. The van der Waals surface area contributed by atoms with Gasteiger partial charge in [0.1, 0.15) is 18.3 Å². The summed E-state index contributed by atoms with van der Waals surface area (Å²) in [6.07, 6.45) is 1.71. The van der Waals surface area contributed by atoms with Gasteiger partial charge in [0, 0.05) is 28.2 Å². The van der Waals surface area contributed by atoms with E-state index in [1.165, 1.54) is 12.0 Å². The smallest absolute Gasteiger partial charge is 0.244 e. The number of para-hydroxylation sites is 2. The highest BCUT2D eigenvalue weighted by Gasteiger charge is 2.32. The number of methoxy groups -OCH3 is 1. The molecule has 11 heteroatoms. The van der Waals surface area contributed by atoms with Gasteiger partial charge < -0.3 is 15.0 Å². The second-order valence-corrected chi connectivity index (χ2v) is 10.9. The zero-order valence-electron chi connectivity index (χ0n) is 20.4. The minimum absolute atomic E-state index is 0.0873. The van der Waals surface area contributed by atoms with Gasteiger partial charge in [-0.15, -0.1) is 0 Å². The number of hydrogen-bond donors (Lipinski definition) is 1. The lowest BCUT2D eigenvalue weighted by molar-refractivity contribution is -0.139. The van der Waals surface area contributed by atoms with Crippen molar-refractivity contribution >= 4 is 50.7 Å². The molecule has 2 aromatic carbocycles. The number of benzene rings is 2. The summed E-state index contributed by atoms with van der Waals surface area (Å²) in [6.45, 7) is 4.72. The molecule has 0 aliphatic carbocycles. The van der Waals surface area contributed by atoms with Gasteiger partial charge in [-0.3, -0.25) is 13.9 Å². The number of halogens is 2. The topological polar surface area (TPSA) is 96.0 Å². The molecule has 2 rings (SSSR count). The average Bonchev–Trinajstić information content (AvgIpc) is 2.80. The van der Waals surface area contributed by atoms with Gasteiger partial charge in [0.25, 0.3) is 0 Å². The molecule has 1 N–H and O–H groups in total. The first-order valence-corrected chi connectivity index (χ1v) is 13.6. The lowest BCUT2D eigenvalue weighted by Gasteiger charge is -2.32. The third-order valence-electron chi connectivity index (χ3n) is 5.59. The van der Waals surface area contributed by atoms with Crippen LogP contribution in [0.4, 0.5) is 5.69 Å². The second-order valence-electron chi connectivity index (χ2n) is 8.16. The van der Waals surface area contributed by atoms with Crippen LogP contribution in [0.3, 0.4) is 0 Å². The van der Waals surface area contributed by atoms with Crippen LogP contribution < -0.4 is 14.4 Å². The Morgan fingerprint density at radius 1 is 1.06 bits per heavy atom. The molecule has 35 heavy (non-hydrogen) atoms. The SMILES string of the molecule is CCC(C)NC(=O)C(C)N(Cc1c(Cl)cccc1Cl)C(=O)CN(c1ccccc1OC)S(C)(=O)=O. The van der Waals surface area contributed by atoms with Crippen LogP contribution in [0.5, 0.6) is 5.75 Å². The fourth-order valence-corrected chi connectivity index (χ4v) is 4.70. The van der Waals surface area contributed by atoms with E-state index in [9.17, 15) is 18.0 Å². The lowest BCUT2D eigenvalue weighted by atomic mass is 10.1. The molecular weight excluding hydrogens is 513 g/mol. The fourth-order valence-electron chi connectivity index (χ4n) is 3.33. The number of rotatable bonds is 11. The summed E-state index contributed by atoms with van der Waals surface area (Å²) in [7, 11) is -2.47. The Morgan fingerprint density at radius 3 is 2.20 bits per heavy atom. The number of anilines is 1. The van der Waals surface area contributed by atoms with Gasteiger partial charge in [-0.25, -0.2) is 8.42 Å². The second kappa shape index (κ2) is 12.5. The Balaban J connectivity index is 2.48. The molecule has 192 valence electrons.